The molecule has 3 saturated heterocycles. The van der Waals surface area contributed by atoms with Crippen LogP contribution in [0.4, 0.5) is 0 Å². The van der Waals surface area contributed by atoms with E-state index < -0.39 is 105 Å². The van der Waals surface area contributed by atoms with Crippen LogP contribution in [0, 0.1) is 0 Å². The van der Waals surface area contributed by atoms with E-state index in [0.717, 1.165) is 0 Å². The number of aliphatic hydroxyl groups is 9. The Morgan fingerprint density at radius 3 is 1.54 bits per heavy atom. The molecule has 0 amide bonds. The van der Waals surface area contributed by atoms with Gasteiger partial charge in [-0.2, -0.15) is 0 Å². The average Bonchev–Trinajstić information content (AvgIpc) is 2.84. The van der Waals surface area contributed by atoms with Crippen LogP contribution in [-0.4, -0.2) is 165 Å². The van der Waals surface area contributed by atoms with Gasteiger partial charge in [0.2, 0.25) is 0 Å². The minimum absolute atomic E-state index is 0.154. The van der Waals surface area contributed by atoms with E-state index in [9.17, 15) is 46.0 Å². The standard InChI is InChI=1S/C20H36O15/c1-6-10(23)13(26)17(7(3-21)31-6)34-20-16(29)14(27)18(8(4-22)32-20)35-19-15(28)12(25)11(24)9(33-19)5-30-2/h6-29H,3-5H2,1-2H3/t6-,7?,8?,9?,10?,11+,12+,13-,14-,15?,16?,17-,18-,19-,20-/m0/s1. The van der Waals surface area contributed by atoms with Crippen molar-refractivity contribution >= 4 is 0 Å². The molecule has 0 aliphatic carbocycles. The maximum Gasteiger partial charge on any atom is 0.187 e. The molecular formula is C20H36O15. The number of hydrogen-bond acceptors (Lipinski definition) is 15. The summed E-state index contributed by atoms with van der Waals surface area (Å²) in [7, 11) is 1.33. The Hall–Kier alpha value is -0.600. The van der Waals surface area contributed by atoms with Gasteiger partial charge in [-0.3, -0.25) is 0 Å². The van der Waals surface area contributed by atoms with Gasteiger partial charge in [-0.25, -0.2) is 0 Å². The molecule has 0 aromatic carbocycles. The maximum atomic E-state index is 10.7. The van der Waals surface area contributed by atoms with E-state index in [1.54, 1.807) is 0 Å². The molecule has 6 unspecified atom stereocenters. The fourth-order valence-electron chi connectivity index (χ4n) is 4.41. The molecule has 0 spiro atoms. The SMILES string of the molecule is COCC1O[C@@H](O[C@H]2C(CO)O[C@@H](O[C@H]3C(CO)O[C@@H](C)C(O)[C@@H]3O)C(O)[C@@H]2O)C(O)[C@H](O)[C@@H]1O. The summed E-state index contributed by atoms with van der Waals surface area (Å²) in [6.45, 7) is -0.0104. The molecule has 3 rings (SSSR count). The number of aliphatic hydroxyl groups excluding tert-OH is 9. The van der Waals surface area contributed by atoms with Crippen molar-refractivity contribution in [1.29, 1.82) is 0 Å². The van der Waals surface area contributed by atoms with Crippen molar-refractivity contribution in [3.8, 4) is 0 Å². The minimum Gasteiger partial charge on any atom is -0.394 e. The lowest BCUT2D eigenvalue weighted by molar-refractivity contribution is -0.372. The monoisotopic (exact) mass is 516 g/mol. The van der Waals surface area contributed by atoms with Gasteiger partial charge in [0.25, 0.3) is 0 Å². The zero-order valence-electron chi connectivity index (χ0n) is 19.3. The maximum absolute atomic E-state index is 10.7. The molecule has 0 radical (unpaired) electrons. The van der Waals surface area contributed by atoms with E-state index in [-0.39, 0.29) is 6.61 Å². The molecule has 15 nitrogen and oxygen atoms in total. The van der Waals surface area contributed by atoms with Crippen molar-refractivity contribution in [3.05, 3.63) is 0 Å². The Balaban J connectivity index is 1.72. The zero-order chi connectivity index (χ0) is 26.0. The third-order valence-corrected chi connectivity index (χ3v) is 6.51. The lowest BCUT2D eigenvalue weighted by atomic mass is 9.94. The molecule has 0 aromatic rings. The minimum atomic E-state index is -1.82. The van der Waals surface area contributed by atoms with E-state index in [1.165, 1.54) is 14.0 Å². The second-order valence-corrected chi connectivity index (χ2v) is 8.92. The Morgan fingerprint density at radius 1 is 0.571 bits per heavy atom. The van der Waals surface area contributed by atoms with Crippen LogP contribution in [0.3, 0.4) is 0 Å². The van der Waals surface area contributed by atoms with E-state index in [0.29, 0.717) is 0 Å². The van der Waals surface area contributed by atoms with E-state index in [4.69, 9.17) is 28.4 Å². The van der Waals surface area contributed by atoms with Gasteiger partial charge in [-0.15, -0.1) is 0 Å². The Bertz CT molecular complexity index is 652. The summed E-state index contributed by atoms with van der Waals surface area (Å²) in [5.41, 5.74) is 0. The fraction of sp³-hybridized carbons (Fsp3) is 1.00. The number of rotatable bonds is 8. The van der Waals surface area contributed by atoms with Crippen molar-refractivity contribution in [2.24, 2.45) is 0 Å². The van der Waals surface area contributed by atoms with Crippen LogP contribution in [0.5, 0.6) is 0 Å². The van der Waals surface area contributed by atoms with Gasteiger partial charge in [0.1, 0.15) is 73.2 Å². The van der Waals surface area contributed by atoms with Crippen molar-refractivity contribution < 1.29 is 74.4 Å². The van der Waals surface area contributed by atoms with Crippen LogP contribution in [0.25, 0.3) is 0 Å². The third kappa shape index (κ3) is 5.95. The second-order valence-electron chi connectivity index (χ2n) is 8.92. The topological polar surface area (TPSA) is 237 Å². The summed E-state index contributed by atoms with van der Waals surface area (Å²) in [6, 6.07) is 0. The summed E-state index contributed by atoms with van der Waals surface area (Å²) in [4.78, 5) is 0. The van der Waals surface area contributed by atoms with Gasteiger partial charge in [-0.1, -0.05) is 0 Å². The molecular weight excluding hydrogens is 480 g/mol. The molecule has 0 saturated carbocycles. The highest BCUT2D eigenvalue weighted by Gasteiger charge is 2.53. The third-order valence-electron chi connectivity index (χ3n) is 6.51. The molecule has 15 atom stereocenters. The van der Waals surface area contributed by atoms with Crippen molar-refractivity contribution in [3.63, 3.8) is 0 Å². The Morgan fingerprint density at radius 2 is 1.03 bits per heavy atom. The smallest absolute Gasteiger partial charge is 0.187 e. The summed E-state index contributed by atoms with van der Waals surface area (Å²) >= 11 is 0. The lowest BCUT2D eigenvalue weighted by Crippen LogP contribution is -2.66. The molecule has 3 aliphatic heterocycles. The molecule has 3 aliphatic rings. The number of hydrogen-bond donors (Lipinski definition) is 9. The zero-order valence-corrected chi connectivity index (χ0v) is 19.3. The first-order chi connectivity index (χ1) is 16.5. The highest BCUT2D eigenvalue weighted by atomic mass is 16.7. The largest absolute Gasteiger partial charge is 0.394 e. The quantitative estimate of drug-likeness (QED) is 0.146. The molecule has 206 valence electrons. The van der Waals surface area contributed by atoms with Gasteiger partial charge in [-0.05, 0) is 6.92 Å². The first kappa shape index (κ1) is 29.0. The van der Waals surface area contributed by atoms with E-state index in [2.05, 4.69) is 0 Å². The molecule has 0 bridgehead atoms. The summed E-state index contributed by atoms with van der Waals surface area (Å²) in [5.74, 6) is 0. The molecule has 35 heavy (non-hydrogen) atoms. The summed E-state index contributed by atoms with van der Waals surface area (Å²) in [6.07, 6.45) is -21.9. The first-order valence-corrected chi connectivity index (χ1v) is 11.3. The van der Waals surface area contributed by atoms with Crippen LogP contribution in [0.15, 0.2) is 0 Å². The van der Waals surface area contributed by atoms with Crippen LogP contribution in [0.1, 0.15) is 6.92 Å². The summed E-state index contributed by atoms with van der Waals surface area (Å²) in [5, 5.41) is 91.6. The van der Waals surface area contributed by atoms with Crippen LogP contribution in [0.2, 0.25) is 0 Å². The highest BCUT2D eigenvalue weighted by molar-refractivity contribution is 4.96. The second kappa shape index (κ2) is 12.3. The van der Waals surface area contributed by atoms with Gasteiger partial charge in [0.15, 0.2) is 12.6 Å². The fourth-order valence-corrected chi connectivity index (χ4v) is 4.41. The Kier molecular flexibility index (Phi) is 10.2. The molecule has 3 fully saturated rings. The van der Waals surface area contributed by atoms with Crippen LogP contribution in [-0.2, 0) is 28.4 Å². The highest BCUT2D eigenvalue weighted by Crippen LogP contribution is 2.32. The number of ether oxygens (including phenoxy) is 6. The molecule has 0 aromatic heterocycles. The normalized spacial score (nSPS) is 51.3. The van der Waals surface area contributed by atoms with E-state index >= 15 is 0 Å². The molecule has 9 N–H and O–H groups in total. The summed E-state index contributed by atoms with van der Waals surface area (Å²) < 4.78 is 32.4. The van der Waals surface area contributed by atoms with Gasteiger partial charge < -0.3 is 74.4 Å². The predicted octanol–water partition coefficient (Wildman–Crippen LogP) is -5.85. The molecule has 15 heteroatoms. The van der Waals surface area contributed by atoms with Crippen molar-refractivity contribution in [2.45, 2.75) is 98.9 Å². The van der Waals surface area contributed by atoms with Crippen LogP contribution < -0.4 is 0 Å². The average molecular weight is 516 g/mol. The number of methoxy groups -OCH3 is 1. The van der Waals surface area contributed by atoms with E-state index in [1.807, 2.05) is 0 Å². The van der Waals surface area contributed by atoms with Gasteiger partial charge in [0.05, 0.1) is 25.9 Å². The predicted molar refractivity (Wildman–Crippen MR) is 109 cm³/mol. The van der Waals surface area contributed by atoms with Crippen molar-refractivity contribution in [1.82, 2.24) is 0 Å². The van der Waals surface area contributed by atoms with Crippen LogP contribution >= 0.6 is 0 Å². The van der Waals surface area contributed by atoms with Gasteiger partial charge in [0, 0.05) is 7.11 Å². The Labute approximate surface area is 200 Å². The van der Waals surface area contributed by atoms with Gasteiger partial charge >= 0.3 is 0 Å². The molecule has 3 heterocycles. The first-order valence-electron chi connectivity index (χ1n) is 11.3. The lowest BCUT2D eigenvalue weighted by Gasteiger charge is -2.48. The van der Waals surface area contributed by atoms with Crippen molar-refractivity contribution in [2.75, 3.05) is 26.9 Å².